The Morgan fingerprint density at radius 3 is 2.32 bits per heavy atom. The van der Waals surface area contributed by atoms with Crippen molar-refractivity contribution in [2.45, 2.75) is 26.4 Å². The fourth-order valence-corrected chi connectivity index (χ4v) is 2.35. The van der Waals surface area contributed by atoms with Gasteiger partial charge in [-0.2, -0.15) is 0 Å². The molecule has 22 heavy (non-hydrogen) atoms. The number of ether oxygens (including phenoxy) is 2. The lowest BCUT2D eigenvalue weighted by Gasteiger charge is -2.36. The number of nitrogens with zero attached hydrogens (tertiary/aromatic N) is 2. The molecule has 122 valence electrons. The third-order valence-corrected chi connectivity index (χ3v) is 3.46. The minimum atomic E-state index is -0.476. The van der Waals surface area contributed by atoms with E-state index in [1.165, 1.54) is 7.11 Å². The van der Waals surface area contributed by atoms with Crippen LogP contribution in [0.25, 0.3) is 0 Å². The summed E-state index contributed by atoms with van der Waals surface area (Å²) in [5.74, 6) is 0.575. The van der Waals surface area contributed by atoms with Gasteiger partial charge in [-0.15, -0.1) is 0 Å². The van der Waals surface area contributed by atoms with E-state index in [0.29, 0.717) is 31.9 Å². The second-order valence-corrected chi connectivity index (χ2v) is 6.31. The maximum Gasteiger partial charge on any atom is 0.410 e. The molecule has 1 aliphatic rings. The minimum absolute atomic E-state index is 0.120. The van der Waals surface area contributed by atoms with E-state index in [1.807, 2.05) is 26.8 Å². The van der Waals surface area contributed by atoms with Crippen molar-refractivity contribution in [2.75, 3.05) is 38.2 Å². The van der Waals surface area contributed by atoms with Gasteiger partial charge < -0.3 is 24.4 Å². The Bertz CT molecular complexity index is 531. The van der Waals surface area contributed by atoms with Crippen molar-refractivity contribution in [3.63, 3.8) is 0 Å². The Labute approximate surface area is 131 Å². The number of hydrogen-bond donors (Lipinski definition) is 1. The molecule has 1 fully saturated rings. The Morgan fingerprint density at radius 2 is 1.82 bits per heavy atom. The van der Waals surface area contributed by atoms with Gasteiger partial charge in [-0.05, 0) is 32.9 Å². The SMILES string of the molecule is COc1ccc(N2CCN(C(=O)OC(C)(C)C)CC2)cc1O. The van der Waals surface area contributed by atoms with Crippen molar-refractivity contribution >= 4 is 11.8 Å². The van der Waals surface area contributed by atoms with Gasteiger partial charge in [-0.3, -0.25) is 0 Å². The number of carbonyl (C=O) groups excluding carboxylic acids is 1. The second kappa shape index (κ2) is 6.34. The van der Waals surface area contributed by atoms with Gasteiger partial charge in [-0.1, -0.05) is 0 Å². The first-order valence-corrected chi connectivity index (χ1v) is 7.40. The van der Waals surface area contributed by atoms with Crippen molar-refractivity contribution in [1.82, 2.24) is 4.90 Å². The predicted octanol–water partition coefficient (Wildman–Crippen LogP) is 2.46. The Hall–Kier alpha value is -2.11. The molecule has 1 N–H and O–H groups in total. The van der Waals surface area contributed by atoms with Crippen LogP contribution in [0.2, 0.25) is 0 Å². The highest BCUT2D eigenvalue weighted by Crippen LogP contribution is 2.30. The van der Waals surface area contributed by atoms with Crippen LogP contribution < -0.4 is 9.64 Å². The number of methoxy groups -OCH3 is 1. The number of hydrogen-bond acceptors (Lipinski definition) is 5. The van der Waals surface area contributed by atoms with E-state index < -0.39 is 5.60 Å². The molecule has 0 unspecified atom stereocenters. The number of piperazine rings is 1. The smallest absolute Gasteiger partial charge is 0.410 e. The summed E-state index contributed by atoms with van der Waals surface area (Å²) in [6.07, 6.45) is -0.273. The molecule has 1 amide bonds. The number of aromatic hydroxyl groups is 1. The van der Waals surface area contributed by atoms with Gasteiger partial charge in [-0.25, -0.2) is 4.79 Å². The van der Waals surface area contributed by atoms with Crippen LogP contribution >= 0.6 is 0 Å². The first-order chi connectivity index (χ1) is 10.3. The topological polar surface area (TPSA) is 62.2 Å². The fraction of sp³-hybridized carbons (Fsp3) is 0.562. The lowest BCUT2D eigenvalue weighted by atomic mass is 10.2. The molecule has 0 spiro atoms. The summed E-state index contributed by atoms with van der Waals surface area (Å²) in [5, 5.41) is 9.85. The van der Waals surface area contributed by atoms with Crippen LogP contribution in [0, 0.1) is 0 Å². The number of phenolic OH excluding ortho intramolecular Hbond substituents is 1. The van der Waals surface area contributed by atoms with Gasteiger partial charge in [0.25, 0.3) is 0 Å². The predicted molar refractivity (Wildman–Crippen MR) is 84.7 cm³/mol. The van der Waals surface area contributed by atoms with Crippen LogP contribution in [0.5, 0.6) is 11.5 Å². The molecule has 0 aliphatic carbocycles. The lowest BCUT2D eigenvalue weighted by molar-refractivity contribution is 0.0240. The average molecular weight is 308 g/mol. The summed E-state index contributed by atoms with van der Waals surface area (Å²) in [5.41, 5.74) is 0.442. The monoisotopic (exact) mass is 308 g/mol. The minimum Gasteiger partial charge on any atom is -0.504 e. The van der Waals surface area contributed by atoms with Crippen LogP contribution in [-0.2, 0) is 4.74 Å². The zero-order valence-corrected chi connectivity index (χ0v) is 13.6. The Kier molecular flexibility index (Phi) is 4.68. The van der Waals surface area contributed by atoms with E-state index >= 15 is 0 Å². The van der Waals surface area contributed by atoms with Crippen LogP contribution in [0.15, 0.2) is 18.2 Å². The highest BCUT2D eigenvalue weighted by Gasteiger charge is 2.26. The van der Waals surface area contributed by atoms with E-state index in [4.69, 9.17) is 9.47 Å². The third kappa shape index (κ3) is 3.96. The summed E-state index contributed by atoms with van der Waals surface area (Å²) in [6, 6.07) is 5.33. The normalized spacial score (nSPS) is 15.6. The van der Waals surface area contributed by atoms with Gasteiger partial charge in [0.1, 0.15) is 5.60 Å². The molecule has 0 atom stereocenters. The summed E-state index contributed by atoms with van der Waals surface area (Å²) in [6.45, 7) is 8.18. The molecule has 0 bridgehead atoms. The molecule has 1 saturated heterocycles. The van der Waals surface area contributed by atoms with Gasteiger partial charge in [0.05, 0.1) is 7.11 Å². The molecule has 0 aromatic heterocycles. The van der Waals surface area contributed by atoms with Crippen molar-refractivity contribution in [3.8, 4) is 11.5 Å². The number of anilines is 1. The maximum atomic E-state index is 12.0. The van der Waals surface area contributed by atoms with Crippen LogP contribution in [0.4, 0.5) is 10.5 Å². The highest BCUT2D eigenvalue weighted by atomic mass is 16.6. The fourth-order valence-electron chi connectivity index (χ4n) is 2.35. The van der Waals surface area contributed by atoms with Gasteiger partial charge in [0.2, 0.25) is 0 Å². The molecule has 2 rings (SSSR count). The second-order valence-electron chi connectivity index (χ2n) is 6.31. The van der Waals surface area contributed by atoms with Crippen LogP contribution in [-0.4, -0.2) is 55.0 Å². The lowest BCUT2D eigenvalue weighted by Crippen LogP contribution is -2.50. The summed E-state index contributed by atoms with van der Waals surface area (Å²) < 4.78 is 10.4. The third-order valence-electron chi connectivity index (χ3n) is 3.46. The average Bonchev–Trinajstić information content (AvgIpc) is 2.45. The Morgan fingerprint density at radius 1 is 1.18 bits per heavy atom. The number of benzene rings is 1. The van der Waals surface area contributed by atoms with Crippen LogP contribution in [0.1, 0.15) is 20.8 Å². The quantitative estimate of drug-likeness (QED) is 0.909. The number of amides is 1. The molecular formula is C16H24N2O4. The van der Waals surface area contributed by atoms with E-state index in [9.17, 15) is 9.90 Å². The molecule has 6 nitrogen and oxygen atoms in total. The first-order valence-electron chi connectivity index (χ1n) is 7.40. The number of carbonyl (C=O) groups is 1. The molecule has 1 aromatic rings. The first kappa shape index (κ1) is 16.3. The van der Waals surface area contributed by atoms with Crippen molar-refractivity contribution in [3.05, 3.63) is 18.2 Å². The van der Waals surface area contributed by atoms with Gasteiger partial charge in [0.15, 0.2) is 11.5 Å². The van der Waals surface area contributed by atoms with E-state index in [2.05, 4.69) is 4.90 Å². The van der Waals surface area contributed by atoms with Crippen molar-refractivity contribution in [2.24, 2.45) is 0 Å². The van der Waals surface area contributed by atoms with E-state index in [-0.39, 0.29) is 11.8 Å². The molecule has 0 radical (unpaired) electrons. The zero-order valence-electron chi connectivity index (χ0n) is 13.6. The highest BCUT2D eigenvalue weighted by molar-refractivity contribution is 5.68. The van der Waals surface area contributed by atoms with Gasteiger partial charge in [0, 0.05) is 37.9 Å². The molecule has 0 saturated carbocycles. The number of phenols is 1. The molecule has 1 heterocycles. The Balaban J connectivity index is 1.94. The summed E-state index contributed by atoms with van der Waals surface area (Å²) in [7, 11) is 1.52. The summed E-state index contributed by atoms with van der Waals surface area (Å²) >= 11 is 0. The standard InChI is InChI=1S/C16H24N2O4/c1-16(2,3)22-15(20)18-9-7-17(8-10-18)12-5-6-14(21-4)13(19)11-12/h5-6,11,19H,7-10H2,1-4H3. The summed E-state index contributed by atoms with van der Waals surface area (Å²) in [4.78, 5) is 15.9. The largest absolute Gasteiger partial charge is 0.504 e. The maximum absolute atomic E-state index is 12.0. The molecule has 1 aromatic carbocycles. The molecular weight excluding hydrogens is 284 g/mol. The zero-order chi connectivity index (χ0) is 16.3. The molecule has 6 heteroatoms. The van der Waals surface area contributed by atoms with E-state index in [0.717, 1.165) is 5.69 Å². The molecule has 1 aliphatic heterocycles. The van der Waals surface area contributed by atoms with Gasteiger partial charge >= 0.3 is 6.09 Å². The van der Waals surface area contributed by atoms with Crippen LogP contribution in [0.3, 0.4) is 0 Å². The number of rotatable bonds is 2. The van der Waals surface area contributed by atoms with E-state index in [1.54, 1.807) is 17.0 Å². The van der Waals surface area contributed by atoms with Crippen molar-refractivity contribution < 1.29 is 19.4 Å². The van der Waals surface area contributed by atoms with Crippen molar-refractivity contribution in [1.29, 1.82) is 0 Å².